The first kappa shape index (κ1) is 15.8. The average molecular weight is 315 g/mol. The lowest BCUT2D eigenvalue weighted by atomic mass is 9.88. The molecule has 1 spiro atoms. The van der Waals surface area contributed by atoms with Crippen molar-refractivity contribution in [1.29, 1.82) is 0 Å². The first-order chi connectivity index (χ1) is 11.1. The van der Waals surface area contributed by atoms with E-state index in [4.69, 9.17) is 0 Å². The summed E-state index contributed by atoms with van der Waals surface area (Å²) in [5, 5.41) is 3.00. The summed E-state index contributed by atoms with van der Waals surface area (Å²) in [7, 11) is 1.92. The minimum Gasteiger partial charge on any atom is -0.340 e. The van der Waals surface area contributed by atoms with Crippen LogP contribution >= 0.6 is 0 Å². The molecule has 2 fully saturated rings. The lowest BCUT2D eigenvalue weighted by Crippen LogP contribution is -2.45. The number of rotatable bonds is 2. The molecule has 0 bridgehead atoms. The molecule has 2 heterocycles. The van der Waals surface area contributed by atoms with Crippen molar-refractivity contribution in [3.05, 3.63) is 35.9 Å². The standard InChI is InChI=1S/C18H25N3O2/c1-20-16(22)8-10-18(20)9-5-12-21(13-11-18)17(23)19-14-15-6-3-2-4-7-15/h2-4,6-7H,5,8-14H2,1H3,(H,19,23)/t18-/m0/s1. The van der Waals surface area contributed by atoms with E-state index < -0.39 is 0 Å². The number of carbonyl (C=O) groups is 2. The van der Waals surface area contributed by atoms with Crippen LogP contribution in [-0.2, 0) is 11.3 Å². The molecule has 1 N–H and O–H groups in total. The minimum absolute atomic E-state index is 0.00196. The second-order valence-electron chi connectivity index (χ2n) is 6.66. The molecule has 124 valence electrons. The maximum atomic E-state index is 12.4. The van der Waals surface area contributed by atoms with Gasteiger partial charge in [-0.05, 0) is 31.2 Å². The van der Waals surface area contributed by atoms with Gasteiger partial charge in [-0.15, -0.1) is 0 Å². The summed E-state index contributed by atoms with van der Waals surface area (Å²) in [6, 6.07) is 9.94. The zero-order chi connectivity index (χ0) is 16.3. The number of likely N-dealkylation sites (tertiary alicyclic amines) is 2. The van der Waals surface area contributed by atoms with Gasteiger partial charge in [-0.1, -0.05) is 30.3 Å². The van der Waals surface area contributed by atoms with Crippen molar-refractivity contribution in [2.45, 2.75) is 44.2 Å². The number of carbonyl (C=O) groups excluding carboxylic acids is 2. The topological polar surface area (TPSA) is 52.7 Å². The Hall–Kier alpha value is -2.04. The first-order valence-electron chi connectivity index (χ1n) is 8.44. The van der Waals surface area contributed by atoms with Crippen LogP contribution in [0.25, 0.3) is 0 Å². The summed E-state index contributed by atoms with van der Waals surface area (Å²) < 4.78 is 0. The number of urea groups is 1. The van der Waals surface area contributed by atoms with Crippen molar-refractivity contribution in [3.8, 4) is 0 Å². The fourth-order valence-electron chi connectivity index (χ4n) is 3.79. The Morgan fingerprint density at radius 3 is 2.65 bits per heavy atom. The molecule has 0 aromatic heterocycles. The van der Waals surface area contributed by atoms with E-state index in [2.05, 4.69) is 5.32 Å². The van der Waals surface area contributed by atoms with Crippen LogP contribution in [0, 0.1) is 0 Å². The van der Waals surface area contributed by atoms with E-state index in [1.54, 1.807) is 0 Å². The maximum Gasteiger partial charge on any atom is 0.317 e. The number of hydrogen-bond acceptors (Lipinski definition) is 2. The lowest BCUT2D eigenvalue weighted by Gasteiger charge is -2.35. The molecular weight excluding hydrogens is 290 g/mol. The van der Waals surface area contributed by atoms with E-state index in [0.29, 0.717) is 13.0 Å². The Kier molecular flexibility index (Phi) is 4.55. The summed E-state index contributed by atoms with van der Waals surface area (Å²) in [5.41, 5.74) is 1.08. The van der Waals surface area contributed by atoms with Crippen LogP contribution in [0.2, 0.25) is 0 Å². The van der Waals surface area contributed by atoms with Crippen LogP contribution in [-0.4, -0.2) is 47.4 Å². The Morgan fingerprint density at radius 1 is 1.17 bits per heavy atom. The molecule has 3 amide bonds. The summed E-state index contributed by atoms with van der Waals surface area (Å²) in [6.07, 6.45) is 4.42. The predicted octanol–water partition coefficient (Wildman–Crippen LogP) is 2.37. The molecule has 2 saturated heterocycles. The van der Waals surface area contributed by atoms with Crippen LogP contribution in [0.15, 0.2) is 30.3 Å². The fourth-order valence-corrected chi connectivity index (χ4v) is 3.79. The highest BCUT2D eigenvalue weighted by molar-refractivity contribution is 5.79. The van der Waals surface area contributed by atoms with Gasteiger partial charge >= 0.3 is 6.03 Å². The molecular formula is C18H25N3O2. The third kappa shape index (κ3) is 3.33. The summed E-state index contributed by atoms with van der Waals surface area (Å²) in [4.78, 5) is 28.1. The van der Waals surface area contributed by atoms with Crippen molar-refractivity contribution in [3.63, 3.8) is 0 Å². The maximum absolute atomic E-state index is 12.4. The Balaban J connectivity index is 1.55. The van der Waals surface area contributed by atoms with Gasteiger partial charge in [0.2, 0.25) is 5.91 Å². The number of hydrogen-bond donors (Lipinski definition) is 1. The molecule has 0 radical (unpaired) electrons. The van der Waals surface area contributed by atoms with Crippen LogP contribution in [0.5, 0.6) is 0 Å². The highest BCUT2D eigenvalue weighted by Gasteiger charge is 2.43. The Bertz CT molecular complexity index is 575. The second kappa shape index (κ2) is 6.60. The van der Waals surface area contributed by atoms with Crippen LogP contribution in [0.3, 0.4) is 0 Å². The van der Waals surface area contributed by atoms with Gasteiger partial charge in [-0.25, -0.2) is 4.79 Å². The molecule has 0 aliphatic carbocycles. The molecule has 0 unspecified atom stereocenters. The van der Waals surface area contributed by atoms with Crippen LogP contribution in [0.1, 0.15) is 37.7 Å². The molecule has 1 aromatic rings. The van der Waals surface area contributed by atoms with Crippen molar-refractivity contribution >= 4 is 11.9 Å². The zero-order valence-electron chi connectivity index (χ0n) is 13.8. The van der Waals surface area contributed by atoms with Gasteiger partial charge in [0.15, 0.2) is 0 Å². The average Bonchev–Trinajstić information content (AvgIpc) is 2.77. The van der Waals surface area contributed by atoms with Gasteiger partial charge in [0, 0.05) is 38.6 Å². The van der Waals surface area contributed by atoms with Crippen molar-refractivity contribution in [1.82, 2.24) is 15.1 Å². The monoisotopic (exact) mass is 315 g/mol. The number of nitrogens with one attached hydrogen (secondary N) is 1. The Labute approximate surface area is 137 Å². The SMILES string of the molecule is CN1C(=O)CC[C@]12CCCN(C(=O)NCc1ccccc1)CC2. The van der Waals surface area contributed by atoms with Crippen LogP contribution < -0.4 is 5.32 Å². The van der Waals surface area contributed by atoms with Gasteiger partial charge in [0.1, 0.15) is 0 Å². The van der Waals surface area contributed by atoms with Crippen LogP contribution in [0.4, 0.5) is 4.79 Å². The van der Waals surface area contributed by atoms with Gasteiger partial charge < -0.3 is 15.1 Å². The first-order valence-corrected chi connectivity index (χ1v) is 8.44. The summed E-state index contributed by atoms with van der Waals surface area (Å²) >= 11 is 0. The molecule has 3 rings (SSSR count). The molecule has 1 atom stereocenters. The van der Waals surface area contributed by atoms with E-state index in [1.807, 2.05) is 47.2 Å². The molecule has 2 aliphatic heterocycles. The molecule has 0 saturated carbocycles. The number of nitrogens with zero attached hydrogens (tertiary/aromatic N) is 2. The smallest absolute Gasteiger partial charge is 0.317 e. The highest BCUT2D eigenvalue weighted by atomic mass is 16.2. The third-order valence-corrected chi connectivity index (χ3v) is 5.38. The van der Waals surface area contributed by atoms with Crippen molar-refractivity contribution in [2.24, 2.45) is 0 Å². The second-order valence-corrected chi connectivity index (χ2v) is 6.66. The summed E-state index contributed by atoms with van der Waals surface area (Å²) in [6.45, 7) is 2.04. The van der Waals surface area contributed by atoms with E-state index in [-0.39, 0.29) is 17.5 Å². The van der Waals surface area contributed by atoms with Gasteiger partial charge in [-0.2, -0.15) is 0 Å². The molecule has 23 heavy (non-hydrogen) atoms. The largest absolute Gasteiger partial charge is 0.340 e. The van der Waals surface area contributed by atoms with E-state index in [9.17, 15) is 9.59 Å². The minimum atomic E-state index is -0.0223. The lowest BCUT2D eigenvalue weighted by molar-refractivity contribution is -0.129. The predicted molar refractivity (Wildman–Crippen MR) is 88.8 cm³/mol. The molecule has 2 aliphatic rings. The zero-order valence-corrected chi connectivity index (χ0v) is 13.8. The Morgan fingerprint density at radius 2 is 1.96 bits per heavy atom. The molecule has 1 aromatic carbocycles. The highest BCUT2D eigenvalue weighted by Crippen LogP contribution is 2.37. The number of amides is 3. The normalized spacial score (nSPS) is 24.8. The van der Waals surface area contributed by atoms with E-state index >= 15 is 0 Å². The molecule has 5 nitrogen and oxygen atoms in total. The van der Waals surface area contributed by atoms with Gasteiger partial charge in [0.25, 0.3) is 0 Å². The quantitative estimate of drug-likeness (QED) is 0.911. The van der Waals surface area contributed by atoms with E-state index in [0.717, 1.165) is 44.3 Å². The molecule has 5 heteroatoms. The fraction of sp³-hybridized carbons (Fsp3) is 0.556. The van der Waals surface area contributed by atoms with Crippen molar-refractivity contribution in [2.75, 3.05) is 20.1 Å². The van der Waals surface area contributed by atoms with Crippen molar-refractivity contribution < 1.29 is 9.59 Å². The van der Waals surface area contributed by atoms with E-state index in [1.165, 1.54) is 0 Å². The van der Waals surface area contributed by atoms with Gasteiger partial charge in [-0.3, -0.25) is 4.79 Å². The van der Waals surface area contributed by atoms with Gasteiger partial charge in [0.05, 0.1) is 0 Å². The third-order valence-electron chi connectivity index (χ3n) is 5.38. The summed E-state index contributed by atoms with van der Waals surface area (Å²) in [5.74, 6) is 0.243. The number of benzene rings is 1.